The van der Waals surface area contributed by atoms with E-state index in [-0.39, 0.29) is 30.3 Å². The molecular formula is C28H44O6P2S2Zn. The van der Waals surface area contributed by atoms with E-state index in [1.54, 1.807) is 48.5 Å². The minimum atomic E-state index is -3.54. The molecule has 0 heterocycles. The van der Waals surface area contributed by atoms with Gasteiger partial charge in [-0.3, -0.25) is 0 Å². The van der Waals surface area contributed by atoms with Gasteiger partial charge < -0.3 is 27.9 Å². The summed E-state index contributed by atoms with van der Waals surface area (Å²) >= 11 is 9.95. The molecule has 11 heteroatoms. The van der Waals surface area contributed by atoms with Crippen molar-refractivity contribution >= 4 is 37.1 Å². The van der Waals surface area contributed by atoms with Crippen molar-refractivity contribution in [2.24, 2.45) is 10.8 Å². The number of hydrogen-bond acceptors (Lipinski definition) is 8. The van der Waals surface area contributed by atoms with Crippen LogP contribution in [0, 0.1) is 10.8 Å². The number of hydrogen-bond donors (Lipinski definition) is 0. The molecule has 0 radical (unpaired) electrons. The van der Waals surface area contributed by atoms with Gasteiger partial charge in [-0.1, -0.05) is 77.9 Å². The molecule has 2 aromatic rings. The third-order valence-corrected chi connectivity index (χ3v) is 7.75. The smallest absolute Gasteiger partial charge is 0.770 e. The van der Waals surface area contributed by atoms with Gasteiger partial charge >= 0.3 is 19.5 Å². The average molecular weight is 668 g/mol. The Hall–Kier alpha value is -0.197. The number of rotatable bonds is 10. The summed E-state index contributed by atoms with van der Waals surface area (Å²) in [5, 5.41) is 0. The average Bonchev–Trinajstić information content (AvgIpc) is 2.63. The van der Waals surface area contributed by atoms with Crippen molar-refractivity contribution in [3.63, 3.8) is 0 Å². The molecular weight excluding hydrogens is 624 g/mol. The first-order chi connectivity index (χ1) is 17.0. The fourth-order valence-corrected chi connectivity index (χ4v) is 8.38. The molecule has 0 aliphatic heterocycles. The first kappa shape index (κ1) is 38.8. The zero-order chi connectivity index (χ0) is 29.5. The predicted octanol–water partition coefficient (Wildman–Crippen LogP) is 7.76. The molecule has 0 spiro atoms. The van der Waals surface area contributed by atoms with Crippen LogP contribution in [0.15, 0.2) is 60.7 Å². The van der Waals surface area contributed by atoms with Gasteiger partial charge in [-0.15, -0.1) is 0 Å². The molecule has 0 N–H and O–H groups in total. The maximum absolute atomic E-state index is 12.3. The Morgan fingerprint density at radius 1 is 0.564 bits per heavy atom. The molecule has 2 unspecified atom stereocenters. The summed E-state index contributed by atoms with van der Waals surface area (Å²) in [7, 11) is 0. The van der Waals surface area contributed by atoms with Gasteiger partial charge in [-0.25, -0.2) is 0 Å². The summed E-state index contributed by atoms with van der Waals surface area (Å²) in [6, 6.07) is 17.7. The Morgan fingerprint density at radius 3 is 1.05 bits per heavy atom. The Bertz CT molecular complexity index is 997. The van der Waals surface area contributed by atoms with Crippen molar-refractivity contribution in [2.45, 2.75) is 93.3 Å². The van der Waals surface area contributed by atoms with E-state index in [0.29, 0.717) is 11.5 Å². The Labute approximate surface area is 259 Å². The van der Waals surface area contributed by atoms with Gasteiger partial charge in [0.1, 0.15) is 11.5 Å². The Morgan fingerprint density at radius 2 is 0.821 bits per heavy atom. The van der Waals surface area contributed by atoms with Crippen LogP contribution in [0.25, 0.3) is 0 Å². The van der Waals surface area contributed by atoms with Crippen LogP contribution < -0.4 is 18.8 Å². The zero-order valence-corrected chi connectivity index (χ0v) is 31.4. The third-order valence-electron chi connectivity index (χ3n) is 4.55. The molecule has 216 valence electrons. The van der Waals surface area contributed by atoms with Crippen LogP contribution in [0.5, 0.6) is 11.5 Å². The monoisotopic (exact) mass is 666 g/mol. The van der Waals surface area contributed by atoms with E-state index in [1.165, 1.54) is 0 Å². The van der Waals surface area contributed by atoms with Gasteiger partial charge in [0.25, 0.3) is 0 Å². The molecule has 0 bridgehead atoms. The molecule has 0 aliphatic carbocycles. The van der Waals surface area contributed by atoms with E-state index in [1.807, 2.05) is 39.8 Å². The SMILES string of the molecule is CC(C)(C)CC(C)(C)OP([O-])(=S)Oc1ccccc1.CC(C)(C)CC(C)(C)OP([O-])(=S)Oc1ccccc1.[Zn+2]. The Kier molecular flexibility index (Phi) is 15.2. The van der Waals surface area contributed by atoms with Crippen molar-refractivity contribution in [3.8, 4) is 11.5 Å². The number of benzene rings is 2. The molecule has 0 aliphatic rings. The van der Waals surface area contributed by atoms with Crippen molar-refractivity contribution in [2.75, 3.05) is 0 Å². The van der Waals surface area contributed by atoms with Crippen LogP contribution in [0.3, 0.4) is 0 Å². The van der Waals surface area contributed by atoms with Crippen molar-refractivity contribution in [1.82, 2.24) is 0 Å². The topological polar surface area (TPSA) is 83.0 Å². The van der Waals surface area contributed by atoms with Gasteiger partial charge in [0, 0.05) is 0 Å². The molecule has 39 heavy (non-hydrogen) atoms. The summed E-state index contributed by atoms with van der Waals surface area (Å²) in [4.78, 5) is 24.5. The zero-order valence-electron chi connectivity index (χ0n) is 25.1. The first-order valence-corrected chi connectivity index (χ1v) is 17.6. The molecule has 2 atom stereocenters. The summed E-state index contributed by atoms with van der Waals surface area (Å²) < 4.78 is 21.7. The largest absolute Gasteiger partial charge is 2.00 e. The molecule has 6 nitrogen and oxygen atoms in total. The maximum atomic E-state index is 12.3. The van der Waals surface area contributed by atoms with E-state index in [2.05, 4.69) is 41.5 Å². The van der Waals surface area contributed by atoms with Crippen molar-refractivity contribution in [3.05, 3.63) is 60.7 Å². The fraction of sp³-hybridized carbons (Fsp3) is 0.571. The van der Waals surface area contributed by atoms with Crippen LogP contribution in [-0.4, -0.2) is 11.2 Å². The van der Waals surface area contributed by atoms with Gasteiger partial charge in [0.2, 0.25) is 0 Å². The van der Waals surface area contributed by atoms with Crippen molar-refractivity contribution < 1.29 is 47.4 Å². The summed E-state index contributed by atoms with van der Waals surface area (Å²) in [6.07, 6.45) is 1.47. The van der Waals surface area contributed by atoms with Crippen LogP contribution in [0.2, 0.25) is 0 Å². The molecule has 0 saturated carbocycles. The molecule has 2 rings (SSSR count). The second-order valence-electron chi connectivity index (χ2n) is 12.9. The van der Waals surface area contributed by atoms with Crippen LogP contribution in [-0.2, 0) is 52.1 Å². The minimum Gasteiger partial charge on any atom is -0.770 e. The van der Waals surface area contributed by atoms with E-state index in [0.717, 1.165) is 12.8 Å². The molecule has 0 amide bonds. The maximum Gasteiger partial charge on any atom is 2.00 e. The minimum absolute atomic E-state index is 0. The van der Waals surface area contributed by atoms with Gasteiger partial charge in [-0.2, -0.15) is 0 Å². The van der Waals surface area contributed by atoms with Gasteiger partial charge in [0.05, 0.1) is 11.2 Å². The normalized spacial score (nSPS) is 15.5. The standard InChI is InChI=1S/2C14H23O3PS.Zn/c2*1-13(2,3)11-14(4,5)17-18(15,19)16-12-9-7-6-8-10-12;/h2*6-10H,11H2,1-5H3,(H,15,19);/q;;+2/p-2. The van der Waals surface area contributed by atoms with Gasteiger partial charge in [-0.05, 0) is 99.2 Å². The van der Waals surface area contributed by atoms with Crippen LogP contribution in [0.4, 0.5) is 0 Å². The quantitative estimate of drug-likeness (QED) is 0.188. The van der Waals surface area contributed by atoms with E-state index in [9.17, 15) is 9.79 Å². The van der Waals surface area contributed by atoms with Gasteiger partial charge in [0.15, 0.2) is 13.4 Å². The van der Waals surface area contributed by atoms with E-state index in [4.69, 9.17) is 41.7 Å². The van der Waals surface area contributed by atoms with Crippen molar-refractivity contribution in [1.29, 1.82) is 0 Å². The fourth-order valence-electron chi connectivity index (χ4n) is 4.48. The third kappa shape index (κ3) is 19.5. The Balaban J connectivity index is 0.000000722. The molecule has 2 aromatic carbocycles. The molecule has 0 saturated heterocycles. The molecule has 0 aromatic heterocycles. The van der Waals surface area contributed by atoms with E-state index >= 15 is 0 Å². The first-order valence-electron chi connectivity index (χ1n) is 12.5. The second kappa shape index (κ2) is 15.3. The predicted molar refractivity (Wildman–Crippen MR) is 161 cm³/mol. The number of para-hydroxylation sites is 2. The summed E-state index contributed by atoms with van der Waals surface area (Å²) in [6.45, 7) is 13.1. The summed E-state index contributed by atoms with van der Waals surface area (Å²) in [5.41, 5.74) is -1.06. The second-order valence-corrected chi connectivity index (χ2v) is 18.1. The summed E-state index contributed by atoms with van der Waals surface area (Å²) in [5.74, 6) is 0.930. The van der Waals surface area contributed by atoms with E-state index < -0.39 is 24.6 Å². The van der Waals surface area contributed by atoms with Crippen LogP contribution >= 0.6 is 13.4 Å². The molecule has 0 fully saturated rings. The van der Waals surface area contributed by atoms with Crippen LogP contribution in [0.1, 0.15) is 82.1 Å².